The van der Waals surface area contributed by atoms with Crippen molar-refractivity contribution in [2.75, 3.05) is 34.8 Å². The zero-order valence-electron chi connectivity index (χ0n) is 18.3. The molecule has 2 amide bonds. The minimum Gasteiger partial charge on any atom is -0.369 e. The SMILES string of the molecule is CC(C)(C)c1cc(NC(=O)NC2CCN(c3ccccc3)C2)n(C2CCS(=O)(=O)C2)n1. The van der Waals surface area contributed by atoms with Gasteiger partial charge in [0.05, 0.1) is 23.2 Å². The first-order valence-electron chi connectivity index (χ1n) is 10.8. The Morgan fingerprint density at radius 1 is 1.16 bits per heavy atom. The number of hydrogen-bond acceptors (Lipinski definition) is 5. The van der Waals surface area contributed by atoms with Crippen LogP contribution in [0.15, 0.2) is 36.4 Å². The Balaban J connectivity index is 1.44. The van der Waals surface area contributed by atoms with Gasteiger partial charge in [0, 0.05) is 36.3 Å². The second-order valence-electron chi connectivity index (χ2n) is 9.53. The van der Waals surface area contributed by atoms with Crippen molar-refractivity contribution in [2.24, 2.45) is 0 Å². The summed E-state index contributed by atoms with van der Waals surface area (Å²) in [5.41, 5.74) is 1.77. The molecule has 0 saturated carbocycles. The Hall–Kier alpha value is -2.55. The van der Waals surface area contributed by atoms with Crippen molar-refractivity contribution in [3.05, 3.63) is 42.1 Å². The van der Waals surface area contributed by atoms with E-state index in [2.05, 4.69) is 32.8 Å². The third kappa shape index (κ3) is 5.03. The third-order valence-electron chi connectivity index (χ3n) is 5.94. The van der Waals surface area contributed by atoms with Gasteiger partial charge < -0.3 is 10.2 Å². The first-order valence-corrected chi connectivity index (χ1v) is 12.6. The van der Waals surface area contributed by atoms with Gasteiger partial charge in [0.15, 0.2) is 9.84 Å². The van der Waals surface area contributed by atoms with Gasteiger partial charge in [-0.05, 0) is 25.0 Å². The first kappa shape index (κ1) is 21.7. The number of urea groups is 1. The molecule has 0 radical (unpaired) electrons. The monoisotopic (exact) mass is 445 g/mol. The largest absolute Gasteiger partial charge is 0.369 e. The zero-order chi connectivity index (χ0) is 22.2. The molecule has 2 aromatic rings. The van der Waals surface area contributed by atoms with E-state index in [1.807, 2.05) is 45.0 Å². The minimum atomic E-state index is -3.06. The van der Waals surface area contributed by atoms with Gasteiger partial charge in [0.25, 0.3) is 0 Å². The smallest absolute Gasteiger partial charge is 0.320 e. The number of rotatable bonds is 4. The highest BCUT2D eigenvalue weighted by molar-refractivity contribution is 7.91. The van der Waals surface area contributed by atoms with Crippen LogP contribution in [-0.2, 0) is 15.3 Å². The maximum absolute atomic E-state index is 12.8. The Labute approximate surface area is 183 Å². The van der Waals surface area contributed by atoms with Crippen molar-refractivity contribution in [3.63, 3.8) is 0 Å². The van der Waals surface area contributed by atoms with Crippen molar-refractivity contribution < 1.29 is 13.2 Å². The van der Waals surface area contributed by atoms with Gasteiger partial charge in [-0.3, -0.25) is 5.32 Å². The second-order valence-corrected chi connectivity index (χ2v) is 11.8. The van der Waals surface area contributed by atoms with Crippen LogP contribution in [0.25, 0.3) is 0 Å². The fourth-order valence-electron chi connectivity index (χ4n) is 4.19. The van der Waals surface area contributed by atoms with Crippen LogP contribution in [0.4, 0.5) is 16.3 Å². The number of anilines is 2. The molecule has 2 aliphatic heterocycles. The van der Waals surface area contributed by atoms with E-state index >= 15 is 0 Å². The fourth-order valence-corrected chi connectivity index (χ4v) is 5.88. The molecule has 4 rings (SSSR count). The summed E-state index contributed by atoms with van der Waals surface area (Å²) in [7, 11) is -3.06. The molecule has 1 aromatic carbocycles. The molecular weight excluding hydrogens is 414 g/mol. The average molecular weight is 446 g/mol. The Bertz CT molecular complexity index is 1040. The van der Waals surface area contributed by atoms with Crippen LogP contribution < -0.4 is 15.5 Å². The lowest BCUT2D eigenvalue weighted by atomic mass is 9.92. The van der Waals surface area contributed by atoms with Gasteiger partial charge in [0.1, 0.15) is 5.82 Å². The van der Waals surface area contributed by atoms with E-state index in [1.54, 1.807) is 4.68 Å². The molecule has 0 bridgehead atoms. The lowest BCUT2D eigenvalue weighted by Gasteiger charge is -2.19. The van der Waals surface area contributed by atoms with E-state index in [1.165, 1.54) is 0 Å². The summed E-state index contributed by atoms with van der Waals surface area (Å²) in [5.74, 6) is 0.761. The molecule has 2 N–H and O–H groups in total. The number of nitrogens with one attached hydrogen (secondary N) is 2. The summed E-state index contributed by atoms with van der Waals surface area (Å²) in [6, 6.07) is 11.5. The number of sulfone groups is 1. The molecule has 2 fully saturated rings. The van der Waals surface area contributed by atoms with Crippen molar-refractivity contribution in [1.82, 2.24) is 15.1 Å². The molecule has 2 aliphatic rings. The van der Waals surface area contributed by atoms with E-state index < -0.39 is 9.84 Å². The van der Waals surface area contributed by atoms with Crippen LogP contribution in [0.1, 0.15) is 45.3 Å². The van der Waals surface area contributed by atoms with E-state index in [0.717, 1.165) is 30.9 Å². The van der Waals surface area contributed by atoms with Crippen LogP contribution in [0.2, 0.25) is 0 Å². The Kier molecular flexibility index (Phi) is 5.72. The predicted molar refractivity (Wildman–Crippen MR) is 122 cm³/mol. The van der Waals surface area contributed by atoms with Gasteiger partial charge in [0.2, 0.25) is 0 Å². The molecule has 2 atom stereocenters. The summed E-state index contributed by atoms with van der Waals surface area (Å²) < 4.78 is 25.7. The van der Waals surface area contributed by atoms with Crippen molar-refractivity contribution in [1.29, 1.82) is 0 Å². The van der Waals surface area contributed by atoms with Crippen molar-refractivity contribution in [2.45, 2.75) is 51.1 Å². The van der Waals surface area contributed by atoms with Crippen LogP contribution in [0.3, 0.4) is 0 Å². The van der Waals surface area contributed by atoms with Gasteiger partial charge in [-0.1, -0.05) is 39.0 Å². The quantitative estimate of drug-likeness (QED) is 0.754. The number of carbonyl (C=O) groups is 1. The normalized spacial score (nSPS) is 23.1. The topological polar surface area (TPSA) is 96.3 Å². The number of aromatic nitrogens is 2. The van der Waals surface area contributed by atoms with E-state index in [4.69, 9.17) is 0 Å². The van der Waals surface area contributed by atoms with Gasteiger partial charge >= 0.3 is 6.03 Å². The van der Waals surface area contributed by atoms with Crippen LogP contribution >= 0.6 is 0 Å². The lowest BCUT2D eigenvalue weighted by molar-refractivity contribution is 0.249. The Morgan fingerprint density at radius 2 is 1.90 bits per heavy atom. The number of hydrogen-bond donors (Lipinski definition) is 2. The summed E-state index contributed by atoms with van der Waals surface area (Å²) in [5, 5.41) is 10.7. The molecule has 0 spiro atoms. The lowest BCUT2D eigenvalue weighted by Crippen LogP contribution is -2.40. The number of carbonyl (C=O) groups excluding carboxylic acids is 1. The highest BCUT2D eigenvalue weighted by Gasteiger charge is 2.33. The number of nitrogens with zero attached hydrogens (tertiary/aromatic N) is 3. The van der Waals surface area contributed by atoms with E-state index in [0.29, 0.717) is 12.2 Å². The highest BCUT2D eigenvalue weighted by atomic mass is 32.2. The molecule has 3 heterocycles. The maximum Gasteiger partial charge on any atom is 0.320 e. The molecule has 2 saturated heterocycles. The van der Waals surface area contributed by atoms with Crippen LogP contribution in [-0.4, -0.2) is 54.9 Å². The third-order valence-corrected chi connectivity index (χ3v) is 7.70. The predicted octanol–water partition coefficient (Wildman–Crippen LogP) is 2.94. The summed E-state index contributed by atoms with van der Waals surface area (Å²) in [6.45, 7) is 7.79. The van der Waals surface area contributed by atoms with Gasteiger partial charge in [-0.2, -0.15) is 5.10 Å². The standard InChI is InChI=1S/C22H31N5O3S/c1-22(2,3)19-13-20(27(25-19)18-10-12-31(29,30)15-18)24-21(28)23-16-9-11-26(14-16)17-7-5-4-6-8-17/h4-8,13,16,18H,9-12,14-15H2,1-3H3,(H2,23,24,28). The number of amides is 2. The van der Waals surface area contributed by atoms with Gasteiger partial charge in [-0.25, -0.2) is 17.9 Å². The summed E-state index contributed by atoms with van der Waals surface area (Å²) in [6.07, 6.45) is 1.38. The molecule has 9 heteroatoms. The van der Waals surface area contributed by atoms with Crippen molar-refractivity contribution in [3.8, 4) is 0 Å². The molecule has 8 nitrogen and oxygen atoms in total. The number of benzene rings is 1. The minimum absolute atomic E-state index is 0.0468. The molecule has 168 valence electrons. The summed E-state index contributed by atoms with van der Waals surface area (Å²) >= 11 is 0. The number of para-hydroxylation sites is 1. The van der Waals surface area contributed by atoms with Gasteiger partial charge in [-0.15, -0.1) is 0 Å². The maximum atomic E-state index is 12.8. The Morgan fingerprint density at radius 3 is 2.55 bits per heavy atom. The first-order chi connectivity index (χ1) is 14.6. The van der Waals surface area contributed by atoms with Crippen molar-refractivity contribution >= 4 is 27.4 Å². The highest BCUT2D eigenvalue weighted by Crippen LogP contribution is 2.31. The average Bonchev–Trinajstić information content (AvgIpc) is 3.40. The van der Waals surface area contributed by atoms with E-state index in [9.17, 15) is 13.2 Å². The molecule has 1 aromatic heterocycles. The fraction of sp³-hybridized carbons (Fsp3) is 0.545. The van der Waals surface area contributed by atoms with Crippen LogP contribution in [0, 0.1) is 0 Å². The van der Waals surface area contributed by atoms with E-state index in [-0.39, 0.29) is 35.0 Å². The zero-order valence-corrected chi connectivity index (χ0v) is 19.2. The molecule has 0 aliphatic carbocycles. The molecular formula is C22H31N5O3S. The summed E-state index contributed by atoms with van der Waals surface area (Å²) in [4.78, 5) is 15.0. The molecule has 31 heavy (non-hydrogen) atoms. The second kappa shape index (κ2) is 8.18. The van der Waals surface area contributed by atoms with Crippen LogP contribution in [0.5, 0.6) is 0 Å². The molecule has 2 unspecified atom stereocenters.